The third-order valence-electron chi connectivity index (χ3n) is 5.14. The predicted octanol–water partition coefficient (Wildman–Crippen LogP) is 3.74. The van der Waals surface area contributed by atoms with Crippen molar-refractivity contribution in [1.82, 2.24) is 15.2 Å². The number of hydrogen-bond donors (Lipinski definition) is 2. The van der Waals surface area contributed by atoms with Gasteiger partial charge < -0.3 is 20.3 Å². The minimum absolute atomic E-state index is 0.0278. The van der Waals surface area contributed by atoms with Crippen LogP contribution < -0.4 is 15.4 Å². The number of amides is 3. The Kier molecular flexibility index (Phi) is 7.65. The highest BCUT2D eigenvalue weighted by Crippen LogP contribution is 2.19. The molecule has 0 unspecified atom stereocenters. The van der Waals surface area contributed by atoms with Gasteiger partial charge in [0.2, 0.25) is 11.8 Å². The van der Waals surface area contributed by atoms with E-state index in [0.29, 0.717) is 45.0 Å². The molecule has 1 fully saturated rings. The Hall–Kier alpha value is -3.09. The molecule has 1 aromatic carbocycles. The highest BCUT2D eigenvalue weighted by Gasteiger charge is 2.27. The van der Waals surface area contributed by atoms with Gasteiger partial charge in [0, 0.05) is 43.5 Å². The summed E-state index contributed by atoms with van der Waals surface area (Å²) in [6.07, 6.45) is 3.99. The molecule has 2 heterocycles. The quantitative estimate of drug-likeness (QED) is 0.728. The number of pyridine rings is 1. The Labute approximate surface area is 177 Å². The molecule has 0 atom stereocenters. The summed E-state index contributed by atoms with van der Waals surface area (Å²) >= 11 is 0. The maximum absolute atomic E-state index is 12.5. The summed E-state index contributed by atoms with van der Waals surface area (Å²) in [5, 5.41) is 5.91. The summed E-state index contributed by atoms with van der Waals surface area (Å²) < 4.78 is 5.47. The Bertz CT molecular complexity index is 846. The number of piperidine rings is 1. The molecular weight excluding hydrogens is 380 g/mol. The maximum Gasteiger partial charge on any atom is 0.321 e. The molecule has 0 saturated carbocycles. The molecular formula is C23H30N4O3. The van der Waals surface area contributed by atoms with E-state index in [2.05, 4.69) is 15.6 Å². The number of urea groups is 1. The highest BCUT2D eigenvalue weighted by molar-refractivity contribution is 5.89. The van der Waals surface area contributed by atoms with Crippen molar-refractivity contribution >= 4 is 17.6 Å². The number of ether oxygens (including phenoxy) is 1. The van der Waals surface area contributed by atoms with Gasteiger partial charge in [0.05, 0.1) is 6.61 Å². The van der Waals surface area contributed by atoms with Crippen LogP contribution >= 0.6 is 0 Å². The van der Waals surface area contributed by atoms with Crippen LogP contribution in [0.5, 0.6) is 5.88 Å². The van der Waals surface area contributed by atoms with Crippen LogP contribution in [0.2, 0.25) is 0 Å². The third kappa shape index (κ3) is 6.20. The highest BCUT2D eigenvalue weighted by atomic mass is 16.5. The summed E-state index contributed by atoms with van der Waals surface area (Å²) in [6.45, 7) is 6.26. The van der Waals surface area contributed by atoms with E-state index in [1.807, 2.05) is 50.2 Å². The molecule has 30 heavy (non-hydrogen) atoms. The largest absolute Gasteiger partial charge is 0.478 e. The third-order valence-corrected chi connectivity index (χ3v) is 5.14. The average Bonchev–Trinajstić information content (AvgIpc) is 2.77. The fourth-order valence-corrected chi connectivity index (χ4v) is 3.41. The van der Waals surface area contributed by atoms with Crippen molar-refractivity contribution < 1.29 is 14.3 Å². The summed E-state index contributed by atoms with van der Waals surface area (Å²) in [5.74, 6) is 0.552. The number of hydrogen-bond acceptors (Lipinski definition) is 4. The average molecular weight is 411 g/mol. The smallest absolute Gasteiger partial charge is 0.321 e. The zero-order chi connectivity index (χ0) is 21.3. The minimum atomic E-state index is -0.115. The normalized spacial score (nSPS) is 14.3. The Balaban J connectivity index is 1.41. The van der Waals surface area contributed by atoms with Crippen molar-refractivity contribution in [3.63, 3.8) is 0 Å². The maximum atomic E-state index is 12.5. The van der Waals surface area contributed by atoms with Crippen molar-refractivity contribution in [2.45, 2.75) is 39.7 Å². The van der Waals surface area contributed by atoms with Crippen LogP contribution in [-0.2, 0) is 11.3 Å². The first kappa shape index (κ1) is 21.6. The Morgan fingerprint density at radius 3 is 2.67 bits per heavy atom. The SMILES string of the molecule is CCCOc1ccc(CNC(=O)C2CCN(C(=O)Nc3cccc(C)c3)CC2)cn1. The molecule has 2 aromatic rings. The molecule has 0 spiro atoms. The van der Waals surface area contributed by atoms with Gasteiger partial charge in [-0.25, -0.2) is 9.78 Å². The van der Waals surface area contributed by atoms with Gasteiger partial charge in [-0.1, -0.05) is 25.1 Å². The van der Waals surface area contributed by atoms with Crippen LogP contribution in [-0.4, -0.2) is 41.5 Å². The predicted molar refractivity (Wildman–Crippen MR) is 116 cm³/mol. The summed E-state index contributed by atoms with van der Waals surface area (Å²) in [4.78, 5) is 31.0. The number of aryl methyl sites for hydroxylation is 1. The zero-order valence-electron chi connectivity index (χ0n) is 17.7. The van der Waals surface area contributed by atoms with Crippen molar-refractivity contribution in [2.75, 3.05) is 25.0 Å². The van der Waals surface area contributed by atoms with E-state index in [0.717, 1.165) is 23.2 Å². The van der Waals surface area contributed by atoms with E-state index in [-0.39, 0.29) is 17.9 Å². The number of nitrogens with zero attached hydrogens (tertiary/aromatic N) is 2. The number of likely N-dealkylation sites (tertiary alicyclic amines) is 1. The van der Waals surface area contributed by atoms with Gasteiger partial charge in [0.1, 0.15) is 0 Å². The topological polar surface area (TPSA) is 83.6 Å². The van der Waals surface area contributed by atoms with Gasteiger partial charge >= 0.3 is 6.03 Å². The monoisotopic (exact) mass is 410 g/mol. The van der Waals surface area contributed by atoms with Gasteiger partial charge in [-0.3, -0.25) is 4.79 Å². The van der Waals surface area contributed by atoms with Gasteiger partial charge in [-0.2, -0.15) is 0 Å². The molecule has 3 rings (SSSR count). The zero-order valence-corrected chi connectivity index (χ0v) is 17.7. The molecule has 1 aliphatic heterocycles. The number of benzene rings is 1. The van der Waals surface area contributed by atoms with E-state index in [4.69, 9.17) is 4.74 Å². The lowest BCUT2D eigenvalue weighted by Gasteiger charge is -2.31. The molecule has 0 aliphatic carbocycles. The van der Waals surface area contributed by atoms with Crippen LogP contribution in [0, 0.1) is 12.8 Å². The van der Waals surface area contributed by atoms with E-state index in [9.17, 15) is 9.59 Å². The molecule has 160 valence electrons. The fourth-order valence-electron chi connectivity index (χ4n) is 3.41. The lowest BCUT2D eigenvalue weighted by atomic mass is 9.96. The fraction of sp³-hybridized carbons (Fsp3) is 0.435. The number of carbonyl (C=O) groups is 2. The number of nitrogens with one attached hydrogen (secondary N) is 2. The first-order valence-corrected chi connectivity index (χ1v) is 10.5. The van der Waals surface area contributed by atoms with Crippen LogP contribution in [0.25, 0.3) is 0 Å². The van der Waals surface area contributed by atoms with Crippen molar-refractivity contribution in [3.8, 4) is 5.88 Å². The summed E-state index contributed by atoms with van der Waals surface area (Å²) in [6, 6.07) is 11.3. The van der Waals surface area contributed by atoms with Gasteiger partial charge in [0.25, 0.3) is 0 Å². The van der Waals surface area contributed by atoms with Crippen molar-refractivity contribution in [1.29, 1.82) is 0 Å². The number of rotatable bonds is 7. The summed E-state index contributed by atoms with van der Waals surface area (Å²) in [5.41, 5.74) is 2.82. The van der Waals surface area contributed by atoms with Gasteiger partial charge in [0.15, 0.2) is 0 Å². The molecule has 2 N–H and O–H groups in total. The molecule has 0 radical (unpaired) electrons. The molecule has 1 aromatic heterocycles. The van der Waals surface area contributed by atoms with Crippen LogP contribution in [0.4, 0.5) is 10.5 Å². The second kappa shape index (κ2) is 10.6. The second-order valence-corrected chi connectivity index (χ2v) is 7.63. The van der Waals surface area contributed by atoms with Crippen LogP contribution in [0.15, 0.2) is 42.6 Å². The number of aromatic nitrogens is 1. The molecule has 1 aliphatic rings. The van der Waals surface area contributed by atoms with E-state index >= 15 is 0 Å². The van der Waals surface area contributed by atoms with Crippen LogP contribution in [0.3, 0.4) is 0 Å². The molecule has 7 heteroatoms. The molecule has 7 nitrogen and oxygen atoms in total. The lowest BCUT2D eigenvalue weighted by Crippen LogP contribution is -2.44. The first-order valence-electron chi connectivity index (χ1n) is 10.5. The van der Waals surface area contributed by atoms with Gasteiger partial charge in [-0.15, -0.1) is 0 Å². The first-order chi connectivity index (χ1) is 14.5. The van der Waals surface area contributed by atoms with E-state index in [1.165, 1.54) is 0 Å². The molecule has 1 saturated heterocycles. The van der Waals surface area contributed by atoms with Crippen molar-refractivity contribution in [3.05, 3.63) is 53.7 Å². The van der Waals surface area contributed by atoms with E-state index in [1.54, 1.807) is 11.1 Å². The Morgan fingerprint density at radius 1 is 1.20 bits per heavy atom. The van der Waals surface area contributed by atoms with Crippen LogP contribution in [0.1, 0.15) is 37.3 Å². The lowest BCUT2D eigenvalue weighted by molar-refractivity contribution is -0.126. The Morgan fingerprint density at radius 2 is 2.00 bits per heavy atom. The van der Waals surface area contributed by atoms with Gasteiger partial charge in [-0.05, 0) is 49.4 Å². The number of anilines is 1. The standard InChI is InChI=1S/C23H30N4O3/c1-3-13-30-21-8-7-18(15-24-21)16-25-22(28)19-9-11-27(12-10-19)23(29)26-20-6-4-5-17(2)14-20/h4-8,14-15,19H,3,9-13,16H2,1-2H3,(H,25,28)(H,26,29). The molecule has 3 amide bonds. The molecule has 0 bridgehead atoms. The van der Waals surface area contributed by atoms with Crippen molar-refractivity contribution in [2.24, 2.45) is 5.92 Å². The minimum Gasteiger partial charge on any atom is -0.478 e. The summed E-state index contributed by atoms with van der Waals surface area (Å²) in [7, 11) is 0. The van der Waals surface area contributed by atoms with E-state index < -0.39 is 0 Å². The second-order valence-electron chi connectivity index (χ2n) is 7.63. The number of carbonyl (C=O) groups excluding carboxylic acids is 2.